The van der Waals surface area contributed by atoms with Gasteiger partial charge in [0, 0.05) is 22.6 Å². The van der Waals surface area contributed by atoms with E-state index < -0.39 is 0 Å². The molecule has 0 spiro atoms. The van der Waals surface area contributed by atoms with E-state index >= 15 is 0 Å². The summed E-state index contributed by atoms with van der Waals surface area (Å²) in [4.78, 5) is 26.2. The molecule has 1 aromatic rings. The van der Waals surface area contributed by atoms with Gasteiger partial charge in [0.05, 0.1) is 6.54 Å². The minimum atomic E-state index is -0.213. The Hall–Kier alpha value is -1.36. The van der Waals surface area contributed by atoms with Crippen LogP contribution in [0.1, 0.15) is 43.0 Å². The van der Waals surface area contributed by atoms with Crippen LogP contribution < -0.4 is 5.32 Å². The van der Waals surface area contributed by atoms with Gasteiger partial charge in [0.15, 0.2) is 0 Å². The maximum atomic E-state index is 12.3. The first-order valence-electron chi connectivity index (χ1n) is 7.45. The molecule has 1 saturated heterocycles. The smallest absolute Gasteiger partial charge is 0.251 e. The van der Waals surface area contributed by atoms with Crippen molar-refractivity contribution < 1.29 is 9.59 Å². The molecule has 0 aliphatic carbocycles. The van der Waals surface area contributed by atoms with Crippen molar-refractivity contribution in [3.63, 3.8) is 0 Å². The summed E-state index contributed by atoms with van der Waals surface area (Å²) in [5.74, 6) is -0.195. The second kappa shape index (κ2) is 7.59. The number of likely N-dealkylation sites (tertiary alicyclic amines) is 1. The number of nitrogens with zero attached hydrogens (tertiary/aromatic N) is 1. The molecule has 1 aromatic carbocycles. The summed E-state index contributed by atoms with van der Waals surface area (Å²) in [5.41, 5.74) is 0.558. The van der Waals surface area contributed by atoms with Gasteiger partial charge in [0.25, 0.3) is 5.91 Å². The molecule has 0 bridgehead atoms. The molecule has 0 saturated carbocycles. The Bertz CT molecular complexity index is 519. The molecule has 2 rings (SSSR count). The Morgan fingerprint density at radius 2 is 2.19 bits per heavy atom. The summed E-state index contributed by atoms with van der Waals surface area (Å²) in [6, 6.07) is 7.48. The number of amides is 2. The zero-order chi connectivity index (χ0) is 15.2. The second-order valence-corrected chi connectivity index (χ2v) is 6.25. The molecule has 1 heterocycles. The van der Waals surface area contributed by atoms with Gasteiger partial charge in [0.1, 0.15) is 0 Å². The number of nitrogens with one attached hydrogen (secondary N) is 1. The predicted molar refractivity (Wildman–Crippen MR) is 86.1 cm³/mol. The molecule has 1 atom stereocenters. The number of benzene rings is 1. The molecular weight excluding hydrogens is 332 g/mol. The van der Waals surface area contributed by atoms with Crippen molar-refractivity contribution in [2.45, 2.75) is 38.6 Å². The van der Waals surface area contributed by atoms with Crippen LogP contribution in [0.4, 0.5) is 0 Å². The first kappa shape index (κ1) is 16.0. The third-order valence-corrected chi connectivity index (χ3v) is 4.40. The Morgan fingerprint density at radius 1 is 1.38 bits per heavy atom. The van der Waals surface area contributed by atoms with Crippen molar-refractivity contribution in [2.75, 3.05) is 13.1 Å². The molecule has 1 aliphatic rings. The SMILES string of the molecule is CCC1CCCCN1C(=O)CNC(=O)c1cccc(Br)c1. The minimum Gasteiger partial charge on any atom is -0.343 e. The Kier molecular flexibility index (Phi) is 5.79. The normalized spacial score (nSPS) is 18.4. The number of piperidine rings is 1. The van der Waals surface area contributed by atoms with Gasteiger partial charge in [-0.2, -0.15) is 0 Å². The lowest BCUT2D eigenvalue weighted by atomic mass is 10.00. The molecule has 4 nitrogen and oxygen atoms in total. The number of carbonyl (C=O) groups excluding carboxylic acids is 2. The van der Waals surface area contributed by atoms with E-state index in [1.807, 2.05) is 11.0 Å². The third kappa shape index (κ3) is 4.30. The van der Waals surface area contributed by atoms with E-state index in [1.165, 1.54) is 6.42 Å². The quantitative estimate of drug-likeness (QED) is 0.905. The number of carbonyl (C=O) groups is 2. The Balaban J connectivity index is 1.90. The van der Waals surface area contributed by atoms with Gasteiger partial charge in [-0.05, 0) is 43.9 Å². The summed E-state index contributed by atoms with van der Waals surface area (Å²) in [6.07, 6.45) is 4.29. The maximum absolute atomic E-state index is 12.3. The van der Waals surface area contributed by atoms with Crippen LogP contribution in [0, 0.1) is 0 Å². The van der Waals surface area contributed by atoms with E-state index in [0.29, 0.717) is 11.6 Å². The lowest BCUT2D eigenvalue weighted by Crippen LogP contribution is -2.47. The summed E-state index contributed by atoms with van der Waals surface area (Å²) in [6.45, 7) is 2.99. The van der Waals surface area contributed by atoms with Crippen molar-refractivity contribution in [3.05, 3.63) is 34.3 Å². The van der Waals surface area contributed by atoms with Crippen LogP contribution in [0.15, 0.2) is 28.7 Å². The third-order valence-electron chi connectivity index (χ3n) is 3.91. The fourth-order valence-corrected chi connectivity index (χ4v) is 3.14. The van der Waals surface area contributed by atoms with Crippen LogP contribution in [0.3, 0.4) is 0 Å². The van der Waals surface area contributed by atoms with Gasteiger partial charge in [0.2, 0.25) is 5.91 Å². The molecule has 1 unspecified atom stereocenters. The highest BCUT2D eigenvalue weighted by molar-refractivity contribution is 9.10. The lowest BCUT2D eigenvalue weighted by Gasteiger charge is -2.35. The summed E-state index contributed by atoms with van der Waals surface area (Å²) in [5, 5.41) is 2.72. The molecule has 1 N–H and O–H groups in total. The molecule has 114 valence electrons. The van der Waals surface area contributed by atoms with E-state index in [4.69, 9.17) is 0 Å². The first-order chi connectivity index (χ1) is 10.1. The molecule has 1 aliphatic heterocycles. The largest absolute Gasteiger partial charge is 0.343 e. The van der Waals surface area contributed by atoms with Crippen molar-refractivity contribution in [1.82, 2.24) is 10.2 Å². The maximum Gasteiger partial charge on any atom is 0.251 e. The topological polar surface area (TPSA) is 49.4 Å². The van der Waals surface area contributed by atoms with Gasteiger partial charge in [-0.25, -0.2) is 0 Å². The van der Waals surface area contributed by atoms with Crippen molar-refractivity contribution in [2.24, 2.45) is 0 Å². The fourth-order valence-electron chi connectivity index (χ4n) is 2.74. The minimum absolute atomic E-state index is 0.0184. The predicted octanol–water partition coefficient (Wildman–Crippen LogP) is 2.97. The van der Waals surface area contributed by atoms with Crippen molar-refractivity contribution >= 4 is 27.7 Å². The van der Waals surface area contributed by atoms with Crippen LogP contribution in [0.25, 0.3) is 0 Å². The standard InChI is InChI=1S/C16H21BrN2O2/c1-2-14-8-3-4-9-19(14)15(20)11-18-16(21)12-6-5-7-13(17)10-12/h5-7,10,14H,2-4,8-9,11H2,1H3,(H,18,21). The van der Waals surface area contributed by atoms with E-state index in [2.05, 4.69) is 28.2 Å². The molecule has 1 fully saturated rings. The number of halogens is 1. The number of hydrogen-bond donors (Lipinski definition) is 1. The molecule has 0 aromatic heterocycles. The van der Waals surface area contributed by atoms with Gasteiger partial charge < -0.3 is 10.2 Å². The zero-order valence-electron chi connectivity index (χ0n) is 12.3. The average Bonchev–Trinajstić information content (AvgIpc) is 2.52. The average molecular weight is 353 g/mol. The highest BCUT2D eigenvalue weighted by atomic mass is 79.9. The fraction of sp³-hybridized carbons (Fsp3) is 0.500. The van der Waals surface area contributed by atoms with Crippen molar-refractivity contribution in [3.8, 4) is 0 Å². The molecule has 0 radical (unpaired) electrons. The van der Waals surface area contributed by atoms with Crippen LogP contribution in [-0.2, 0) is 4.79 Å². The Labute approximate surface area is 134 Å². The van der Waals surface area contributed by atoms with Crippen LogP contribution in [-0.4, -0.2) is 35.8 Å². The van der Waals surface area contributed by atoms with Crippen LogP contribution in [0.2, 0.25) is 0 Å². The lowest BCUT2D eigenvalue weighted by molar-refractivity contribution is -0.133. The van der Waals surface area contributed by atoms with Crippen molar-refractivity contribution in [1.29, 1.82) is 0 Å². The van der Waals surface area contributed by atoms with Gasteiger partial charge in [-0.3, -0.25) is 9.59 Å². The van der Waals surface area contributed by atoms with Gasteiger partial charge in [-0.15, -0.1) is 0 Å². The van der Waals surface area contributed by atoms with Gasteiger partial charge in [-0.1, -0.05) is 28.9 Å². The van der Waals surface area contributed by atoms with Crippen LogP contribution in [0.5, 0.6) is 0 Å². The molecular formula is C16H21BrN2O2. The number of hydrogen-bond acceptors (Lipinski definition) is 2. The second-order valence-electron chi connectivity index (χ2n) is 5.34. The number of rotatable bonds is 4. The molecule has 5 heteroatoms. The van der Waals surface area contributed by atoms with E-state index in [0.717, 1.165) is 30.3 Å². The summed E-state index contributed by atoms with van der Waals surface area (Å²) in [7, 11) is 0. The highest BCUT2D eigenvalue weighted by Crippen LogP contribution is 2.19. The van der Waals surface area contributed by atoms with E-state index in [1.54, 1.807) is 18.2 Å². The first-order valence-corrected chi connectivity index (χ1v) is 8.24. The molecule has 2 amide bonds. The van der Waals surface area contributed by atoms with E-state index in [9.17, 15) is 9.59 Å². The summed E-state index contributed by atoms with van der Waals surface area (Å²) >= 11 is 3.34. The van der Waals surface area contributed by atoms with Gasteiger partial charge >= 0.3 is 0 Å². The monoisotopic (exact) mass is 352 g/mol. The zero-order valence-corrected chi connectivity index (χ0v) is 13.9. The summed E-state index contributed by atoms with van der Waals surface area (Å²) < 4.78 is 0.851. The van der Waals surface area contributed by atoms with E-state index in [-0.39, 0.29) is 18.4 Å². The molecule has 21 heavy (non-hydrogen) atoms. The Morgan fingerprint density at radius 3 is 2.90 bits per heavy atom. The highest BCUT2D eigenvalue weighted by Gasteiger charge is 2.25. The van der Waals surface area contributed by atoms with Crippen LogP contribution >= 0.6 is 15.9 Å².